The third-order valence-corrected chi connectivity index (χ3v) is 3.78. The Hall–Kier alpha value is -2.82. The number of carbonyl (C=O) groups excluding carboxylic acids is 2. The smallest absolute Gasteiger partial charge is 0.414 e. The number of hydrogen-bond acceptors (Lipinski definition) is 4. The van der Waals surface area contributed by atoms with Crippen molar-refractivity contribution in [2.24, 2.45) is 0 Å². The average Bonchev–Trinajstić information content (AvgIpc) is 2.60. The summed E-state index contributed by atoms with van der Waals surface area (Å²) in [5, 5.41) is 0. The Balaban J connectivity index is 1.79. The van der Waals surface area contributed by atoms with E-state index in [1.165, 1.54) is 4.90 Å². The number of hydrogen-bond donors (Lipinski definition) is 0. The number of methoxy groups -OCH3 is 1. The van der Waals surface area contributed by atoms with E-state index in [9.17, 15) is 9.59 Å². The summed E-state index contributed by atoms with van der Waals surface area (Å²) in [7, 11) is 1.55. The van der Waals surface area contributed by atoms with Crippen LogP contribution in [0.1, 0.15) is 22.3 Å². The van der Waals surface area contributed by atoms with Gasteiger partial charge in [0.1, 0.15) is 12.4 Å². The molecular formula is C18H17NO4. The predicted molar refractivity (Wildman–Crippen MR) is 85.9 cm³/mol. The molecule has 0 aromatic heterocycles. The Morgan fingerprint density at radius 2 is 1.96 bits per heavy atom. The van der Waals surface area contributed by atoms with Gasteiger partial charge in [0.05, 0.1) is 12.8 Å². The van der Waals surface area contributed by atoms with Gasteiger partial charge in [-0.15, -0.1) is 0 Å². The monoisotopic (exact) mass is 311 g/mol. The van der Waals surface area contributed by atoms with E-state index in [1.54, 1.807) is 25.3 Å². The summed E-state index contributed by atoms with van der Waals surface area (Å²) in [6.07, 6.45) is -0.171. The van der Waals surface area contributed by atoms with Crippen molar-refractivity contribution < 1.29 is 19.1 Å². The number of nitrogens with zero attached hydrogens (tertiary/aromatic N) is 1. The highest BCUT2D eigenvalue weighted by Gasteiger charge is 2.28. The minimum atomic E-state index is -0.462. The van der Waals surface area contributed by atoms with Gasteiger partial charge in [0.25, 0.3) is 0 Å². The largest absolute Gasteiger partial charge is 0.497 e. The van der Waals surface area contributed by atoms with Crippen LogP contribution in [0.15, 0.2) is 48.5 Å². The molecule has 0 bridgehead atoms. The van der Waals surface area contributed by atoms with Gasteiger partial charge in [0, 0.05) is 24.6 Å². The van der Waals surface area contributed by atoms with Crippen molar-refractivity contribution in [2.75, 3.05) is 18.6 Å². The lowest BCUT2D eigenvalue weighted by atomic mass is 10.0. The molecule has 0 saturated heterocycles. The topological polar surface area (TPSA) is 55.8 Å². The van der Waals surface area contributed by atoms with Crippen molar-refractivity contribution in [3.05, 3.63) is 59.7 Å². The molecule has 0 radical (unpaired) electrons. The Labute approximate surface area is 134 Å². The summed E-state index contributed by atoms with van der Waals surface area (Å²) < 4.78 is 10.6. The van der Waals surface area contributed by atoms with Crippen molar-refractivity contribution in [3.8, 4) is 5.75 Å². The summed E-state index contributed by atoms with van der Waals surface area (Å²) in [4.78, 5) is 25.9. The molecule has 118 valence electrons. The van der Waals surface area contributed by atoms with E-state index in [2.05, 4.69) is 0 Å². The second kappa shape index (κ2) is 6.52. The molecular weight excluding hydrogens is 294 g/mol. The second-order valence-corrected chi connectivity index (χ2v) is 5.25. The number of ether oxygens (including phenoxy) is 2. The summed E-state index contributed by atoms with van der Waals surface area (Å²) >= 11 is 0. The maximum absolute atomic E-state index is 12.4. The highest BCUT2D eigenvalue weighted by Crippen LogP contribution is 2.31. The van der Waals surface area contributed by atoms with Crippen LogP contribution >= 0.6 is 0 Å². The number of carbonyl (C=O) groups is 2. The maximum Gasteiger partial charge on any atom is 0.414 e. The number of anilines is 1. The van der Waals surface area contributed by atoms with E-state index in [0.29, 0.717) is 30.0 Å². The molecule has 2 aromatic rings. The third kappa shape index (κ3) is 3.18. The van der Waals surface area contributed by atoms with Gasteiger partial charge < -0.3 is 9.47 Å². The molecule has 23 heavy (non-hydrogen) atoms. The van der Waals surface area contributed by atoms with E-state index in [4.69, 9.17) is 9.47 Å². The van der Waals surface area contributed by atoms with Gasteiger partial charge in [-0.1, -0.05) is 30.3 Å². The lowest BCUT2D eigenvalue weighted by Gasteiger charge is -2.28. The number of fused-ring (bicyclic) bond motifs is 1. The van der Waals surface area contributed by atoms with Crippen LogP contribution < -0.4 is 9.64 Å². The zero-order valence-corrected chi connectivity index (χ0v) is 12.8. The molecule has 2 aromatic carbocycles. The zero-order valence-electron chi connectivity index (χ0n) is 12.8. The zero-order chi connectivity index (χ0) is 16.2. The van der Waals surface area contributed by atoms with Gasteiger partial charge in [-0.2, -0.15) is 0 Å². The lowest BCUT2D eigenvalue weighted by Crippen LogP contribution is -2.37. The van der Waals surface area contributed by atoms with Crippen molar-refractivity contribution >= 4 is 17.6 Å². The fourth-order valence-corrected chi connectivity index (χ4v) is 2.55. The summed E-state index contributed by atoms with van der Waals surface area (Å²) in [5.74, 6) is 0.620. The van der Waals surface area contributed by atoms with Crippen molar-refractivity contribution in [3.63, 3.8) is 0 Å². The standard InChI is InChI=1S/C18H17NO4/c1-22-14-7-8-15-16(11-14)19(10-9-17(15)20)18(21)23-12-13-5-3-2-4-6-13/h2-8,11H,9-10,12H2,1H3. The maximum atomic E-state index is 12.4. The van der Waals surface area contributed by atoms with Gasteiger partial charge in [-0.3, -0.25) is 9.69 Å². The fourth-order valence-electron chi connectivity index (χ4n) is 2.55. The highest BCUT2D eigenvalue weighted by atomic mass is 16.6. The number of amides is 1. The van der Waals surface area contributed by atoms with E-state index >= 15 is 0 Å². The third-order valence-electron chi connectivity index (χ3n) is 3.78. The molecule has 3 rings (SSSR count). The van der Waals surface area contributed by atoms with Crippen molar-refractivity contribution in [1.82, 2.24) is 0 Å². The molecule has 0 aliphatic carbocycles. The van der Waals surface area contributed by atoms with Crippen LogP contribution in [-0.4, -0.2) is 25.5 Å². The van der Waals surface area contributed by atoms with Crippen LogP contribution in [0.2, 0.25) is 0 Å². The number of Topliss-reactive ketones (excluding diaryl/α,β-unsaturated/α-hetero) is 1. The van der Waals surface area contributed by atoms with Crippen LogP contribution in [0.3, 0.4) is 0 Å². The summed E-state index contributed by atoms with van der Waals surface area (Å²) in [6.45, 7) is 0.510. The molecule has 0 spiro atoms. The van der Waals surface area contributed by atoms with Crippen LogP contribution in [0.25, 0.3) is 0 Å². The van der Waals surface area contributed by atoms with Gasteiger partial charge in [-0.05, 0) is 17.7 Å². The number of rotatable bonds is 3. The summed E-state index contributed by atoms with van der Waals surface area (Å²) in [6, 6.07) is 14.6. The molecule has 1 aliphatic heterocycles. The van der Waals surface area contributed by atoms with Gasteiger partial charge >= 0.3 is 6.09 Å². The first kappa shape index (κ1) is 15.1. The molecule has 5 heteroatoms. The SMILES string of the molecule is COc1ccc2c(c1)N(C(=O)OCc1ccccc1)CCC2=O. The molecule has 0 saturated carbocycles. The molecule has 0 unspecified atom stereocenters. The average molecular weight is 311 g/mol. The van der Waals surface area contributed by atoms with E-state index < -0.39 is 6.09 Å². The molecule has 1 amide bonds. The minimum absolute atomic E-state index is 0.0229. The molecule has 0 fully saturated rings. The van der Waals surface area contributed by atoms with E-state index in [1.807, 2.05) is 30.3 Å². The Morgan fingerprint density at radius 3 is 2.70 bits per heavy atom. The number of benzene rings is 2. The fraction of sp³-hybridized carbons (Fsp3) is 0.222. The first-order valence-electron chi connectivity index (χ1n) is 7.38. The van der Waals surface area contributed by atoms with Crippen LogP contribution in [0, 0.1) is 0 Å². The van der Waals surface area contributed by atoms with Crippen LogP contribution in [0.4, 0.5) is 10.5 Å². The van der Waals surface area contributed by atoms with Gasteiger partial charge in [-0.25, -0.2) is 4.79 Å². The normalized spacial score (nSPS) is 13.4. The van der Waals surface area contributed by atoms with E-state index in [0.717, 1.165) is 5.56 Å². The first-order valence-corrected chi connectivity index (χ1v) is 7.38. The molecule has 5 nitrogen and oxygen atoms in total. The van der Waals surface area contributed by atoms with Crippen molar-refractivity contribution in [1.29, 1.82) is 0 Å². The number of ketones is 1. The summed E-state index contributed by atoms with van der Waals surface area (Å²) in [5.41, 5.74) is 1.98. The molecule has 1 aliphatic rings. The van der Waals surface area contributed by atoms with Gasteiger partial charge in [0.2, 0.25) is 0 Å². The lowest BCUT2D eigenvalue weighted by molar-refractivity contribution is 0.0977. The predicted octanol–water partition coefficient (Wildman–Crippen LogP) is 3.42. The Kier molecular flexibility index (Phi) is 4.28. The highest BCUT2D eigenvalue weighted by molar-refractivity contribution is 6.07. The van der Waals surface area contributed by atoms with Crippen LogP contribution in [-0.2, 0) is 11.3 Å². The minimum Gasteiger partial charge on any atom is -0.497 e. The van der Waals surface area contributed by atoms with E-state index in [-0.39, 0.29) is 12.4 Å². The Morgan fingerprint density at radius 1 is 1.17 bits per heavy atom. The first-order chi connectivity index (χ1) is 11.2. The van der Waals surface area contributed by atoms with Crippen LogP contribution in [0.5, 0.6) is 5.75 Å². The van der Waals surface area contributed by atoms with Crippen molar-refractivity contribution in [2.45, 2.75) is 13.0 Å². The second-order valence-electron chi connectivity index (χ2n) is 5.25. The van der Waals surface area contributed by atoms with Gasteiger partial charge in [0.15, 0.2) is 5.78 Å². The Bertz CT molecular complexity index is 727. The molecule has 1 heterocycles. The molecule has 0 atom stereocenters. The quantitative estimate of drug-likeness (QED) is 0.871. The molecule has 0 N–H and O–H groups in total.